The van der Waals surface area contributed by atoms with E-state index in [0.717, 1.165) is 32.2 Å². The fourth-order valence-corrected chi connectivity index (χ4v) is 4.36. The lowest BCUT2D eigenvalue weighted by atomic mass is 10.1. The van der Waals surface area contributed by atoms with Crippen LogP contribution in [0.25, 0.3) is 0 Å². The van der Waals surface area contributed by atoms with Crippen molar-refractivity contribution in [2.45, 2.75) is 58.5 Å². The minimum Gasteiger partial charge on any atom is -0.348 e. The second-order valence-electron chi connectivity index (χ2n) is 6.56. The second-order valence-corrected chi connectivity index (χ2v) is 8.02. The largest absolute Gasteiger partial charge is 0.348 e. The molecule has 120 valence electrons. The average molecular weight is 320 g/mol. The Hall–Kier alpha value is -1.36. The Labute approximate surface area is 135 Å². The maximum absolute atomic E-state index is 12.6. The predicted molar refractivity (Wildman–Crippen MR) is 87.8 cm³/mol. The molecule has 1 aromatic rings. The average Bonchev–Trinajstić information content (AvgIpc) is 3.09. The first kappa shape index (κ1) is 15.5. The number of nitrogens with one attached hydrogen (secondary N) is 1. The van der Waals surface area contributed by atoms with Gasteiger partial charge in [-0.15, -0.1) is 11.3 Å². The number of aryl methyl sites for hydroxylation is 2. The Morgan fingerprint density at radius 1 is 1.32 bits per heavy atom. The molecule has 0 aromatic carbocycles. The molecule has 4 nitrogen and oxygen atoms in total. The molecule has 0 radical (unpaired) electrons. The molecule has 22 heavy (non-hydrogen) atoms. The molecule has 5 heteroatoms. The summed E-state index contributed by atoms with van der Waals surface area (Å²) in [4.78, 5) is 29.2. The molecule has 2 atom stereocenters. The van der Waals surface area contributed by atoms with Gasteiger partial charge in [0.05, 0.1) is 6.04 Å². The van der Waals surface area contributed by atoms with Gasteiger partial charge in [-0.2, -0.15) is 0 Å². The van der Waals surface area contributed by atoms with E-state index < -0.39 is 0 Å². The van der Waals surface area contributed by atoms with E-state index in [1.54, 1.807) is 11.3 Å². The van der Waals surface area contributed by atoms with Crippen LogP contribution in [-0.2, 0) is 9.59 Å². The van der Waals surface area contributed by atoms with Crippen LogP contribution in [-0.4, -0.2) is 29.3 Å². The number of hydrogen-bond acceptors (Lipinski definition) is 3. The van der Waals surface area contributed by atoms with Gasteiger partial charge >= 0.3 is 0 Å². The standard InChI is InChI=1S/C17H24N2O2S/c1-10-9-14(12(3)22-10)11(2)18-16(20)15-5-4-8-19(15)17(21)13-6-7-13/h9,11,13,15H,4-8H2,1-3H3,(H,18,20)/t11-,15+/m1/s1. The van der Waals surface area contributed by atoms with Crippen LogP contribution in [0.3, 0.4) is 0 Å². The number of carbonyl (C=O) groups excluding carboxylic acids is 2. The van der Waals surface area contributed by atoms with Crippen molar-refractivity contribution in [3.63, 3.8) is 0 Å². The highest BCUT2D eigenvalue weighted by Gasteiger charge is 2.41. The summed E-state index contributed by atoms with van der Waals surface area (Å²) in [5.74, 6) is 0.378. The number of nitrogens with zero attached hydrogens (tertiary/aromatic N) is 1. The lowest BCUT2D eigenvalue weighted by molar-refractivity contribution is -0.139. The molecule has 2 aliphatic rings. The molecule has 1 N–H and O–H groups in total. The Bertz CT molecular complexity index is 591. The Kier molecular flexibility index (Phi) is 4.26. The number of amides is 2. The quantitative estimate of drug-likeness (QED) is 0.927. The van der Waals surface area contributed by atoms with Gasteiger partial charge in [-0.25, -0.2) is 0 Å². The van der Waals surface area contributed by atoms with E-state index in [0.29, 0.717) is 0 Å². The zero-order valence-electron chi connectivity index (χ0n) is 13.5. The molecule has 3 rings (SSSR count). The lowest BCUT2D eigenvalue weighted by Crippen LogP contribution is -2.47. The van der Waals surface area contributed by atoms with Crippen molar-refractivity contribution in [1.82, 2.24) is 10.2 Å². The van der Waals surface area contributed by atoms with Crippen LogP contribution >= 0.6 is 11.3 Å². The number of hydrogen-bond donors (Lipinski definition) is 1. The van der Waals surface area contributed by atoms with Crippen molar-refractivity contribution in [3.05, 3.63) is 21.4 Å². The maximum Gasteiger partial charge on any atom is 0.243 e. The molecular weight excluding hydrogens is 296 g/mol. The van der Waals surface area contributed by atoms with Crippen molar-refractivity contribution in [2.75, 3.05) is 6.54 Å². The summed E-state index contributed by atoms with van der Waals surface area (Å²) in [6.45, 7) is 6.93. The first-order chi connectivity index (χ1) is 10.5. The minimum atomic E-state index is -0.268. The highest BCUT2D eigenvalue weighted by molar-refractivity contribution is 7.12. The van der Waals surface area contributed by atoms with Gasteiger partial charge in [-0.1, -0.05) is 0 Å². The van der Waals surface area contributed by atoms with Crippen LogP contribution in [0.15, 0.2) is 6.07 Å². The van der Waals surface area contributed by atoms with Crippen LogP contribution in [0.2, 0.25) is 0 Å². The molecule has 0 bridgehead atoms. The highest BCUT2D eigenvalue weighted by atomic mass is 32.1. The molecular formula is C17H24N2O2S. The van der Waals surface area contributed by atoms with Gasteiger partial charge in [0.2, 0.25) is 11.8 Å². The summed E-state index contributed by atoms with van der Waals surface area (Å²) >= 11 is 1.76. The molecule has 0 unspecified atom stereocenters. The van der Waals surface area contributed by atoms with Crippen LogP contribution in [0.5, 0.6) is 0 Å². The molecule has 1 aromatic heterocycles. The van der Waals surface area contributed by atoms with E-state index in [4.69, 9.17) is 0 Å². The SMILES string of the molecule is Cc1cc([C@@H](C)NC(=O)[C@@H]2CCCN2C(=O)C2CC2)c(C)s1. The summed E-state index contributed by atoms with van der Waals surface area (Å²) < 4.78 is 0. The van der Waals surface area contributed by atoms with Crippen LogP contribution in [0, 0.1) is 19.8 Å². The third kappa shape index (κ3) is 3.05. The lowest BCUT2D eigenvalue weighted by Gasteiger charge is -2.25. The topological polar surface area (TPSA) is 49.4 Å². The number of thiophene rings is 1. The van der Waals surface area contributed by atoms with Gasteiger partial charge in [0.15, 0.2) is 0 Å². The van der Waals surface area contributed by atoms with E-state index in [1.165, 1.54) is 15.3 Å². The number of likely N-dealkylation sites (tertiary alicyclic amines) is 1. The molecule has 0 spiro atoms. The van der Waals surface area contributed by atoms with Crippen molar-refractivity contribution < 1.29 is 9.59 Å². The summed E-state index contributed by atoms with van der Waals surface area (Å²) in [5, 5.41) is 3.11. The highest BCUT2D eigenvalue weighted by Crippen LogP contribution is 2.34. The maximum atomic E-state index is 12.6. The summed E-state index contributed by atoms with van der Waals surface area (Å²) in [7, 11) is 0. The van der Waals surface area contributed by atoms with Gasteiger partial charge in [0.1, 0.15) is 6.04 Å². The molecule has 2 fully saturated rings. The first-order valence-corrected chi connectivity index (χ1v) is 8.97. The first-order valence-electron chi connectivity index (χ1n) is 8.15. The summed E-state index contributed by atoms with van der Waals surface area (Å²) in [6, 6.07) is 1.87. The molecule has 2 heterocycles. The Morgan fingerprint density at radius 2 is 2.05 bits per heavy atom. The van der Waals surface area contributed by atoms with E-state index in [-0.39, 0.29) is 29.8 Å². The smallest absolute Gasteiger partial charge is 0.243 e. The van der Waals surface area contributed by atoms with E-state index >= 15 is 0 Å². The fourth-order valence-electron chi connectivity index (χ4n) is 3.34. The van der Waals surface area contributed by atoms with Gasteiger partial charge in [-0.3, -0.25) is 9.59 Å². The minimum absolute atomic E-state index is 0.00209. The van der Waals surface area contributed by atoms with Crippen molar-refractivity contribution >= 4 is 23.2 Å². The van der Waals surface area contributed by atoms with E-state index in [2.05, 4.69) is 25.2 Å². The Morgan fingerprint density at radius 3 is 2.64 bits per heavy atom. The van der Waals surface area contributed by atoms with Gasteiger partial charge in [0, 0.05) is 22.2 Å². The molecule has 2 amide bonds. The monoisotopic (exact) mass is 320 g/mol. The third-order valence-electron chi connectivity index (χ3n) is 4.67. The number of rotatable bonds is 4. The Balaban J connectivity index is 1.65. The second kappa shape index (κ2) is 6.03. The zero-order chi connectivity index (χ0) is 15.9. The van der Waals surface area contributed by atoms with Gasteiger partial charge in [0.25, 0.3) is 0 Å². The van der Waals surface area contributed by atoms with E-state index in [1.807, 2.05) is 11.8 Å². The summed E-state index contributed by atoms with van der Waals surface area (Å²) in [5.41, 5.74) is 1.19. The third-order valence-corrected chi connectivity index (χ3v) is 5.65. The van der Waals surface area contributed by atoms with E-state index in [9.17, 15) is 9.59 Å². The van der Waals surface area contributed by atoms with Crippen LogP contribution in [0.4, 0.5) is 0 Å². The van der Waals surface area contributed by atoms with Crippen LogP contribution in [0.1, 0.15) is 54.0 Å². The molecule has 1 saturated carbocycles. The molecule has 1 aliphatic heterocycles. The molecule has 1 aliphatic carbocycles. The van der Waals surface area contributed by atoms with Crippen molar-refractivity contribution in [3.8, 4) is 0 Å². The van der Waals surface area contributed by atoms with Gasteiger partial charge in [-0.05, 0) is 58.1 Å². The van der Waals surface area contributed by atoms with Gasteiger partial charge < -0.3 is 10.2 Å². The van der Waals surface area contributed by atoms with Crippen LogP contribution < -0.4 is 5.32 Å². The van der Waals surface area contributed by atoms with Crippen molar-refractivity contribution in [2.24, 2.45) is 5.92 Å². The normalized spacial score (nSPS) is 22.7. The predicted octanol–water partition coefficient (Wildman–Crippen LogP) is 2.94. The zero-order valence-corrected chi connectivity index (χ0v) is 14.3. The number of carbonyl (C=O) groups is 2. The van der Waals surface area contributed by atoms with Crippen molar-refractivity contribution in [1.29, 1.82) is 0 Å². The fraction of sp³-hybridized carbons (Fsp3) is 0.647. The molecule has 1 saturated heterocycles. The summed E-state index contributed by atoms with van der Waals surface area (Å²) in [6.07, 6.45) is 3.71.